The zero-order valence-electron chi connectivity index (χ0n) is 26.4. The highest BCUT2D eigenvalue weighted by atomic mass is 19.1. The molecule has 0 spiro atoms. The van der Waals surface area contributed by atoms with Crippen molar-refractivity contribution in [3.63, 3.8) is 0 Å². The molecule has 1 unspecified atom stereocenters. The first-order chi connectivity index (χ1) is 17.9. The Morgan fingerprint density at radius 1 is 1.11 bits per heavy atom. The van der Waals surface area contributed by atoms with Crippen molar-refractivity contribution in [3.05, 3.63) is 64.5 Å². The van der Waals surface area contributed by atoms with Crippen molar-refractivity contribution < 1.29 is 9.18 Å². The number of halogens is 1. The first kappa shape index (κ1) is 35.4. The zero-order chi connectivity index (χ0) is 29.5. The topological polar surface area (TPSA) is 20.3 Å². The number of carbonyl (C=O) groups excluding carboxylic acids is 1. The van der Waals surface area contributed by atoms with Gasteiger partial charge in [-0.25, -0.2) is 4.39 Å². The molecule has 0 saturated carbocycles. The van der Waals surface area contributed by atoms with E-state index in [4.69, 9.17) is 0 Å². The van der Waals surface area contributed by atoms with Crippen LogP contribution in [-0.4, -0.2) is 18.9 Å². The smallest absolute Gasteiger partial charge is 0.160 e. The van der Waals surface area contributed by atoms with Gasteiger partial charge in [-0.1, -0.05) is 79.7 Å². The van der Waals surface area contributed by atoms with Crippen molar-refractivity contribution in [2.45, 2.75) is 102 Å². The van der Waals surface area contributed by atoms with Crippen LogP contribution in [0.2, 0.25) is 0 Å². The van der Waals surface area contributed by atoms with E-state index in [0.29, 0.717) is 11.8 Å². The first-order valence-corrected chi connectivity index (χ1v) is 14.6. The van der Waals surface area contributed by atoms with Crippen LogP contribution in [0.4, 0.5) is 10.1 Å². The van der Waals surface area contributed by atoms with Gasteiger partial charge in [0.05, 0.1) is 5.69 Å². The van der Waals surface area contributed by atoms with Crippen LogP contribution in [0.1, 0.15) is 116 Å². The third-order valence-corrected chi connectivity index (χ3v) is 6.84. The van der Waals surface area contributed by atoms with E-state index in [1.807, 2.05) is 58.9 Å². The Balaban J connectivity index is 0.000000663. The summed E-state index contributed by atoms with van der Waals surface area (Å²) < 4.78 is 13.6. The molecule has 2 aromatic carbocycles. The largest absolute Gasteiger partial charge is 0.369 e. The van der Waals surface area contributed by atoms with Crippen LogP contribution in [0.15, 0.2) is 36.4 Å². The molecule has 0 aliphatic carbocycles. The maximum atomic E-state index is 13.6. The number of hydrogen-bond donors (Lipinski definition) is 0. The predicted octanol–water partition coefficient (Wildman–Crippen LogP) is 9.91. The molecule has 2 aromatic rings. The van der Waals surface area contributed by atoms with Crippen LogP contribution in [-0.2, 0) is 6.42 Å². The lowest BCUT2D eigenvalue weighted by atomic mass is 9.82. The minimum absolute atomic E-state index is 0.00413. The summed E-state index contributed by atoms with van der Waals surface area (Å²) >= 11 is 0. The van der Waals surface area contributed by atoms with Gasteiger partial charge in [-0.3, -0.25) is 4.79 Å². The Hall–Kier alpha value is -2.60. The van der Waals surface area contributed by atoms with E-state index >= 15 is 0 Å². The summed E-state index contributed by atoms with van der Waals surface area (Å²) in [6.45, 7) is 26.6. The number of Topliss-reactive ketones (excluding diaryl/α,β-unsaturated/α-hetero) is 1. The Morgan fingerprint density at radius 2 is 1.74 bits per heavy atom. The number of aryl methyl sites for hydroxylation is 2. The van der Waals surface area contributed by atoms with Crippen LogP contribution in [0.3, 0.4) is 0 Å². The van der Waals surface area contributed by atoms with E-state index in [-0.39, 0.29) is 17.0 Å². The van der Waals surface area contributed by atoms with Gasteiger partial charge in [-0.15, -0.1) is 0 Å². The van der Waals surface area contributed by atoms with Crippen molar-refractivity contribution in [1.82, 2.24) is 0 Å². The van der Waals surface area contributed by atoms with Crippen LogP contribution in [0.25, 0.3) is 0 Å². The molecule has 1 aliphatic heterocycles. The van der Waals surface area contributed by atoms with Gasteiger partial charge in [0.15, 0.2) is 5.78 Å². The molecule has 1 heterocycles. The number of nitrogens with zero attached hydrogens (tertiary/aromatic N) is 1. The molecule has 1 atom stereocenters. The summed E-state index contributed by atoms with van der Waals surface area (Å²) in [4.78, 5) is 13.8. The van der Waals surface area contributed by atoms with Gasteiger partial charge >= 0.3 is 0 Å². The molecule has 1 saturated heterocycles. The van der Waals surface area contributed by atoms with Crippen LogP contribution in [0.5, 0.6) is 0 Å². The summed E-state index contributed by atoms with van der Waals surface area (Å²) in [6, 6.07) is 11.4. The van der Waals surface area contributed by atoms with E-state index in [1.54, 1.807) is 13.0 Å². The van der Waals surface area contributed by atoms with Gasteiger partial charge in [0.2, 0.25) is 0 Å². The number of rotatable bonds is 5. The van der Waals surface area contributed by atoms with Gasteiger partial charge in [-0.2, -0.15) is 0 Å². The fraction of sp³-hybridized carbons (Fsp3) is 0.571. The molecule has 38 heavy (non-hydrogen) atoms. The van der Waals surface area contributed by atoms with Crippen molar-refractivity contribution in [2.75, 3.05) is 18.0 Å². The molecule has 212 valence electrons. The lowest BCUT2D eigenvalue weighted by Gasteiger charge is -2.22. The van der Waals surface area contributed by atoms with Gasteiger partial charge in [0.1, 0.15) is 5.82 Å². The minimum atomic E-state index is -0.0842. The molecule has 3 rings (SSSR count). The maximum Gasteiger partial charge on any atom is 0.160 e. The second kappa shape index (κ2) is 17.8. The van der Waals surface area contributed by atoms with Crippen LogP contribution < -0.4 is 4.90 Å². The standard InChI is InChI=1S/C19H26O.C12H16FN.2C2H6/c1-7-8-17-13-16(9-10-18(17)15(4)20)11-12-19(5,6)14(2)3;1-9-3-4-12(11(13)7-9)14-6-5-10(2)8-14;2*1-2/h9-10,13-14H,7-8H2,1-6H3;3-4,7,10H,5-6,8H2,1-2H3;2*1-2H3. The fourth-order valence-electron chi connectivity index (χ4n) is 3.89. The quantitative estimate of drug-likeness (QED) is 0.287. The van der Waals surface area contributed by atoms with E-state index in [2.05, 4.69) is 64.3 Å². The average Bonchev–Trinajstić information content (AvgIpc) is 3.31. The minimum Gasteiger partial charge on any atom is -0.369 e. The second-order valence-electron chi connectivity index (χ2n) is 10.6. The predicted molar refractivity (Wildman–Crippen MR) is 166 cm³/mol. The fourth-order valence-corrected chi connectivity index (χ4v) is 3.89. The molecule has 0 aromatic heterocycles. The van der Waals surface area contributed by atoms with E-state index in [9.17, 15) is 9.18 Å². The number of carbonyl (C=O) groups is 1. The number of benzene rings is 2. The van der Waals surface area contributed by atoms with Gasteiger partial charge in [0, 0.05) is 29.6 Å². The van der Waals surface area contributed by atoms with Gasteiger partial charge < -0.3 is 4.90 Å². The molecule has 0 amide bonds. The van der Waals surface area contributed by atoms with E-state index < -0.39 is 0 Å². The number of anilines is 1. The van der Waals surface area contributed by atoms with Crippen molar-refractivity contribution in [3.8, 4) is 11.8 Å². The summed E-state index contributed by atoms with van der Waals surface area (Å²) in [5.41, 5.74) is 4.71. The van der Waals surface area contributed by atoms with Crippen molar-refractivity contribution >= 4 is 11.5 Å². The third-order valence-electron chi connectivity index (χ3n) is 6.84. The third kappa shape index (κ3) is 11.4. The van der Waals surface area contributed by atoms with Crippen molar-refractivity contribution in [2.24, 2.45) is 17.3 Å². The summed E-state index contributed by atoms with van der Waals surface area (Å²) in [5, 5.41) is 0. The molecule has 1 aliphatic rings. The summed E-state index contributed by atoms with van der Waals surface area (Å²) in [5.74, 6) is 7.88. The van der Waals surface area contributed by atoms with Gasteiger partial charge in [-0.05, 0) is 93.8 Å². The Bertz CT molecular complexity index is 1040. The average molecular weight is 524 g/mol. The van der Waals surface area contributed by atoms with Crippen LogP contribution >= 0.6 is 0 Å². The highest BCUT2D eigenvalue weighted by molar-refractivity contribution is 5.95. The molecular formula is C35H54FNO. The zero-order valence-corrected chi connectivity index (χ0v) is 26.4. The lowest BCUT2D eigenvalue weighted by molar-refractivity contribution is 0.101. The molecule has 1 fully saturated rings. The SMILES string of the molecule is CC.CC.CCCc1cc(C#CC(C)(C)C(C)C)ccc1C(C)=O.Cc1ccc(N2CCC(C)C2)c(F)c1. The molecule has 2 nitrogen and oxygen atoms in total. The molecule has 0 radical (unpaired) electrons. The highest BCUT2D eigenvalue weighted by Crippen LogP contribution is 2.27. The summed E-state index contributed by atoms with van der Waals surface area (Å²) in [6.07, 6.45) is 3.14. The second-order valence-corrected chi connectivity index (χ2v) is 10.6. The number of hydrogen-bond acceptors (Lipinski definition) is 2. The Kier molecular flexibility index (Phi) is 16.6. The number of ketones is 1. The molecule has 0 bridgehead atoms. The normalized spacial score (nSPS) is 14.2. The van der Waals surface area contributed by atoms with Crippen molar-refractivity contribution in [1.29, 1.82) is 0 Å². The lowest BCUT2D eigenvalue weighted by Crippen LogP contribution is -2.20. The molecule has 0 N–H and O–H groups in total. The first-order valence-electron chi connectivity index (χ1n) is 14.6. The molecule has 3 heteroatoms. The van der Waals surface area contributed by atoms with Gasteiger partial charge in [0.25, 0.3) is 0 Å². The van der Waals surface area contributed by atoms with Crippen LogP contribution in [0, 0.1) is 41.8 Å². The Labute approximate surface area is 234 Å². The highest BCUT2D eigenvalue weighted by Gasteiger charge is 2.21. The molecular weight excluding hydrogens is 469 g/mol. The van der Waals surface area contributed by atoms with E-state index in [1.165, 1.54) is 6.42 Å². The summed E-state index contributed by atoms with van der Waals surface area (Å²) in [7, 11) is 0. The van der Waals surface area contributed by atoms with E-state index in [0.717, 1.165) is 53.9 Å². The monoisotopic (exact) mass is 523 g/mol. The Morgan fingerprint density at radius 3 is 2.21 bits per heavy atom. The maximum absolute atomic E-state index is 13.6.